The molecule has 1 saturated heterocycles. The van der Waals surface area contributed by atoms with Crippen LogP contribution in [0.25, 0.3) is 11.5 Å². The second-order valence-corrected chi connectivity index (χ2v) is 5.83. The fraction of sp³-hybridized carbons (Fsp3) is 0.333. The molecule has 10 heteroatoms. The summed E-state index contributed by atoms with van der Waals surface area (Å²) in [5.74, 6) is 0.0273. The molecule has 3 N–H and O–H groups in total. The molecule has 8 nitrogen and oxygen atoms in total. The molecule has 1 unspecified atom stereocenters. The van der Waals surface area contributed by atoms with Gasteiger partial charge in [0, 0.05) is 6.42 Å². The number of benzene rings is 1. The lowest BCUT2D eigenvalue weighted by Gasteiger charge is -2.13. The normalized spacial score (nSPS) is 16.8. The molecule has 0 spiro atoms. The van der Waals surface area contributed by atoms with Crippen LogP contribution in [0, 0.1) is 5.82 Å². The molecule has 1 aliphatic heterocycles. The zero-order chi connectivity index (χ0) is 18.0. The minimum absolute atomic E-state index is 0.100. The zero-order valence-corrected chi connectivity index (χ0v) is 14.2. The number of anilines is 1. The largest absolute Gasteiger partial charge is 0.442 e. The van der Waals surface area contributed by atoms with Crippen molar-refractivity contribution in [3.05, 3.63) is 29.8 Å². The first-order valence-electron chi connectivity index (χ1n) is 7.62. The van der Waals surface area contributed by atoms with E-state index >= 15 is 0 Å². The molecule has 1 aromatic carbocycles. The molecule has 0 radical (unpaired) electrons. The van der Waals surface area contributed by atoms with Crippen LogP contribution in [0.15, 0.2) is 22.7 Å². The maximum Gasteiger partial charge on any atom is 0.414 e. The predicted molar refractivity (Wildman–Crippen MR) is 91.5 cm³/mol. The van der Waals surface area contributed by atoms with Gasteiger partial charge in [0.1, 0.15) is 11.9 Å². The number of aryl methyl sites for hydroxylation is 1. The van der Waals surface area contributed by atoms with Crippen molar-refractivity contribution in [2.24, 2.45) is 5.73 Å². The number of nitrogens with two attached hydrogens (primary N) is 1. The summed E-state index contributed by atoms with van der Waals surface area (Å²) >= 11 is 4.71. The highest BCUT2D eigenvalue weighted by molar-refractivity contribution is 7.80. The summed E-state index contributed by atoms with van der Waals surface area (Å²) in [6.07, 6.45) is -0.405. The van der Waals surface area contributed by atoms with Gasteiger partial charge in [-0.25, -0.2) is 9.18 Å². The van der Waals surface area contributed by atoms with Gasteiger partial charge in [-0.05, 0) is 30.4 Å². The minimum atomic E-state index is -0.568. The first kappa shape index (κ1) is 17.1. The number of aromatic nitrogens is 2. The highest BCUT2D eigenvalue weighted by Gasteiger charge is 2.32. The van der Waals surface area contributed by atoms with Crippen LogP contribution in [0.3, 0.4) is 0 Å². The molecule has 0 bridgehead atoms. The number of thiocarbonyl (C=S) groups is 1. The van der Waals surface area contributed by atoms with Crippen molar-refractivity contribution in [1.29, 1.82) is 0 Å². The number of carbonyl (C=O) groups excluding carboxylic acids is 1. The van der Waals surface area contributed by atoms with Crippen molar-refractivity contribution < 1.29 is 18.4 Å². The third-order valence-electron chi connectivity index (χ3n) is 3.66. The Morgan fingerprint density at radius 1 is 1.56 bits per heavy atom. The third kappa shape index (κ3) is 3.68. The molecule has 0 saturated carbocycles. The maximum atomic E-state index is 14.4. The smallest absolute Gasteiger partial charge is 0.414 e. The number of rotatable bonds is 5. The molecular formula is C15H16FN5O3S. The van der Waals surface area contributed by atoms with Gasteiger partial charge in [-0.1, -0.05) is 12.1 Å². The Hall–Kier alpha value is -2.75. The van der Waals surface area contributed by atoms with Gasteiger partial charge in [-0.15, -0.1) is 0 Å². The van der Waals surface area contributed by atoms with Crippen LogP contribution in [-0.4, -0.2) is 40.5 Å². The van der Waals surface area contributed by atoms with E-state index in [1.807, 2.05) is 6.92 Å². The van der Waals surface area contributed by atoms with Gasteiger partial charge in [0.05, 0.1) is 24.3 Å². The first-order chi connectivity index (χ1) is 12.0. The van der Waals surface area contributed by atoms with E-state index in [-0.39, 0.29) is 23.1 Å². The van der Waals surface area contributed by atoms with Crippen LogP contribution < -0.4 is 16.0 Å². The maximum absolute atomic E-state index is 14.4. The number of nitrogens with one attached hydrogen (secondary N) is 1. The van der Waals surface area contributed by atoms with Gasteiger partial charge in [0.25, 0.3) is 5.89 Å². The summed E-state index contributed by atoms with van der Waals surface area (Å²) in [6.45, 7) is 2.42. The zero-order valence-electron chi connectivity index (χ0n) is 13.4. The Morgan fingerprint density at radius 2 is 2.36 bits per heavy atom. The van der Waals surface area contributed by atoms with Crippen molar-refractivity contribution in [3.63, 3.8) is 0 Å². The third-order valence-corrected chi connectivity index (χ3v) is 3.80. The second-order valence-electron chi connectivity index (χ2n) is 5.39. The van der Waals surface area contributed by atoms with E-state index < -0.39 is 18.0 Å². The fourth-order valence-corrected chi connectivity index (χ4v) is 2.49. The lowest BCUT2D eigenvalue weighted by Crippen LogP contribution is -2.37. The van der Waals surface area contributed by atoms with Crippen molar-refractivity contribution >= 4 is 29.1 Å². The predicted octanol–water partition coefficient (Wildman–Crippen LogP) is 1.60. The average molecular weight is 365 g/mol. The van der Waals surface area contributed by atoms with Gasteiger partial charge in [0.15, 0.2) is 10.9 Å². The van der Waals surface area contributed by atoms with E-state index in [4.69, 9.17) is 27.2 Å². The van der Waals surface area contributed by atoms with Crippen molar-refractivity contribution in [2.75, 3.05) is 18.0 Å². The number of halogens is 1. The number of hydrogen-bond donors (Lipinski definition) is 2. The van der Waals surface area contributed by atoms with Crippen molar-refractivity contribution in [2.45, 2.75) is 19.4 Å². The summed E-state index contributed by atoms with van der Waals surface area (Å²) in [6, 6.07) is 4.32. The molecule has 1 aliphatic rings. The average Bonchev–Trinajstić information content (AvgIpc) is 3.19. The molecule has 3 rings (SSSR count). The Bertz CT molecular complexity index is 812. The van der Waals surface area contributed by atoms with Crippen LogP contribution in [-0.2, 0) is 11.2 Å². The summed E-state index contributed by atoms with van der Waals surface area (Å²) in [5.41, 5.74) is 5.90. The number of cyclic esters (lactones) is 1. The SMILES string of the molecule is CCc1noc(-c2ccc(N3CC(CNC(N)=S)OC3=O)cc2F)n1. The highest BCUT2D eigenvalue weighted by Crippen LogP contribution is 2.28. The van der Waals surface area contributed by atoms with E-state index in [9.17, 15) is 9.18 Å². The fourth-order valence-electron chi connectivity index (χ4n) is 2.41. The van der Waals surface area contributed by atoms with E-state index in [0.29, 0.717) is 24.5 Å². The van der Waals surface area contributed by atoms with Gasteiger partial charge < -0.3 is 20.3 Å². The molecule has 1 amide bonds. The van der Waals surface area contributed by atoms with Crippen LogP contribution in [0.4, 0.5) is 14.9 Å². The quantitative estimate of drug-likeness (QED) is 0.770. The minimum Gasteiger partial charge on any atom is -0.442 e. The van der Waals surface area contributed by atoms with Crippen molar-refractivity contribution in [3.8, 4) is 11.5 Å². The first-order valence-corrected chi connectivity index (χ1v) is 8.02. The second kappa shape index (κ2) is 7.01. The van der Waals surface area contributed by atoms with Crippen LogP contribution in [0.2, 0.25) is 0 Å². The van der Waals surface area contributed by atoms with E-state index in [1.54, 1.807) is 6.07 Å². The number of ether oxygens (including phenoxy) is 1. The lowest BCUT2D eigenvalue weighted by atomic mass is 10.1. The van der Waals surface area contributed by atoms with Gasteiger partial charge in [-0.2, -0.15) is 4.98 Å². The summed E-state index contributed by atoms with van der Waals surface area (Å²) in [5, 5.41) is 6.60. The topological polar surface area (TPSA) is 107 Å². The van der Waals surface area contributed by atoms with Gasteiger partial charge in [-0.3, -0.25) is 4.90 Å². The van der Waals surface area contributed by atoms with Crippen LogP contribution >= 0.6 is 12.2 Å². The lowest BCUT2D eigenvalue weighted by molar-refractivity contribution is 0.143. The number of nitrogens with zero attached hydrogens (tertiary/aromatic N) is 3. The number of carbonyl (C=O) groups is 1. The molecule has 1 fully saturated rings. The number of hydrogen-bond acceptors (Lipinski definition) is 6. The van der Waals surface area contributed by atoms with Crippen LogP contribution in [0.5, 0.6) is 0 Å². The molecular weight excluding hydrogens is 349 g/mol. The van der Waals surface area contributed by atoms with Gasteiger partial charge in [0.2, 0.25) is 0 Å². The van der Waals surface area contributed by atoms with Crippen molar-refractivity contribution in [1.82, 2.24) is 15.5 Å². The monoisotopic (exact) mass is 365 g/mol. The molecule has 25 heavy (non-hydrogen) atoms. The Labute approximate surface area is 148 Å². The van der Waals surface area contributed by atoms with E-state index in [0.717, 1.165) is 0 Å². The molecule has 2 aromatic rings. The Morgan fingerprint density at radius 3 is 3.00 bits per heavy atom. The Kier molecular flexibility index (Phi) is 4.79. The molecule has 1 atom stereocenters. The molecule has 0 aliphatic carbocycles. The summed E-state index contributed by atoms with van der Waals surface area (Å²) in [7, 11) is 0. The standard InChI is InChI=1S/C15H16FN5O3S/c1-2-12-19-13(24-20-12)10-4-3-8(5-11(10)16)21-7-9(23-15(21)22)6-18-14(17)25/h3-5,9H,2,6-7H2,1H3,(H3,17,18,25). The molecule has 132 valence electrons. The van der Waals surface area contributed by atoms with E-state index in [2.05, 4.69) is 15.5 Å². The molecule has 1 aromatic heterocycles. The summed E-state index contributed by atoms with van der Waals surface area (Å²) < 4.78 is 24.7. The van der Waals surface area contributed by atoms with Crippen LogP contribution in [0.1, 0.15) is 12.7 Å². The highest BCUT2D eigenvalue weighted by atomic mass is 32.1. The Balaban J connectivity index is 1.76. The van der Waals surface area contributed by atoms with Gasteiger partial charge >= 0.3 is 6.09 Å². The summed E-state index contributed by atoms with van der Waals surface area (Å²) in [4.78, 5) is 17.4. The molecule has 2 heterocycles. The van der Waals surface area contributed by atoms with E-state index in [1.165, 1.54) is 17.0 Å². The number of amides is 1.